The van der Waals surface area contributed by atoms with Gasteiger partial charge in [0.05, 0.1) is 13.2 Å². The van der Waals surface area contributed by atoms with Crippen molar-refractivity contribution in [3.63, 3.8) is 0 Å². The van der Waals surface area contributed by atoms with Gasteiger partial charge in [0.15, 0.2) is 11.6 Å². The average Bonchev–Trinajstić information content (AvgIpc) is 2.55. The fraction of sp³-hybridized carbons (Fsp3) is 0.444. The quantitative estimate of drug-likeness (QED) is 0.737. The molecule has 1 aromatic rings. The van der Waals surface area contributed by atoms with E-state index in [1.165, 1.54) is 6.42 Å². The molecule has 0 fully saturated rings. The SMILES string of the molecule is CC.CCC.O.O=C1C2=C(COCC2)C(=O)c2ccccc21. The van der Waals surface area contributed by atoms with Crippen molar-refractivity contribution in [3.8, 4) is 0 Å². The van der Waals surface area contributed by atoms with Crippen molar-refractivity contribution >= 4 is 11.6 Å². The third-order valence-electron chi connectivity index (χ3n) is 3.07. The Hall–Kier alpha value is -1.78. The second kappa shape index (κ2) is 10.0. The molecule has 1 heterocycles. The van der Waals surface area contributed by atoms with Gasteiger partial charge in [0.1, 0.15) is 0 Å². The van der Waals surface area contributed by atoms with Crippen molar-refractivity contribution in [2.75, 3.05) is 13.2 Å². The third kappa shape index (κ3) is 4.12. The van der Waals surface area contributed by atoms with Gasteiger partial charge in [-0.1, -0.05) is 58.4 Å². The Morgan fingerprint density at radius 2 is 1.41 bits per heavy atom. The van der Waals surface area contributed by atoms with Crippen LogP contribution in [0.5, 0.6) is 0 Å². The van der Waals surface area contributed by atoms with Crippen LogP contribution >= 0.6 is 0 Å². The van der Waals surface area contributed by atoms with Crippen molar-refractivity contribution in [3.05, 3.63) is 46.5 Å². The molecule has 2 aliphatic rings. The van der Waals surface area contributed by atoms with Crippen LogP contribution in [0.3, 0.4) is 0 Å². The second-order valence-corrected chi connectivity index (χ2v) is 4.67. The molecule has 22 heavy (non-hydrogen) atoms. The summed E-state index contributed by atoms with van der Waals surface area (Å²) in [5, 5.41) is 0. The molecule has 2 N–H and O–H groups in total. The zero-order valence-corrected chi connectivity index (χ0v) is 13.9. The summed E-state index contributed by atoms with van der Waals surface area (Å²) < 4.78 is 5.24. The molecule has 0 amide bonds. The molecule has 4 nitrogen and oxygen atoms in total. The van der Waals surface area contributed by atoms with E-state index in [0.717, 1.165) is 0 Å². The first kappa shape index (κ1) is 20.2. The number of fused-ring (bicyclic) bond motifs is 1. The van der Waals surface area contributed by atoms with Crippen molar-refractivity contribution in [1.29, 1.82) is 0 Å². The van der Waals surface area contributed by atoms with Crippen molar-refractivity contribution in [1.82, 2.24) is 0 Å². The molecule has 0 radical (unpaired) electrons. The molecule has 0 saturated heterocycles. The number of carbonyl (C=O) groups excluding carboxylic acids is 2. The van der Waals surface area contributed by atoms with Gasteiger partial charge >= 0.3 is 0 Å². The summed E-state index contributed by atoms with van der Waals surface area (Å²) in [5.41, 5.74) is 2.25. The summed E-state index contributed by atoms with van der Waals surface area (Å²) in [6, 6.07) is 6.98. The highest BCUT2D eigenvalue weighted by molar-refractivity contribution is 6.27. The lowest BCUT2D eigenvalue weighted by Crippen LogP contribution is -2.28. The van der Waals surface area contributed by atoms with Crippen molar-refractivity contribution < 1.29 is 19.8 Å². The molecule has 0 unspecified atom stereocenters. The smallest absolute Gasteiger partial charge is 0.192 e. The van der Waals surface area contributed by atoms with Crippen molar-refractivity contribution in [2.45, 2.75) is 40.5 Å². The highest BCUT2D eigenvalue weighted by atomic mass is 16.5. The summed E-state index contributed by atoms with van der Waals surface area (Å²) in [4.78, 5) is 24.2. The standard InChI is InChI=1S/C13H10O3.C3H8.C2H6.H2O/c14-12-8-3-1-2-4-9(8)13(15)11-7-16-6-5-10(11)12;1-3-2;1-2;/h1-4H,5-7H2;3H2,1-2H3;1-2H3;1H2. The maximum atomic E-state index is 12.1. The predicted molar refractivity (Wildman–Crippen MR) is 88.5 cm³/mol. The number of Topliss-reactive ketones (excluding diaryl/α,β-unsaturated/α-hetero) is 2. The van der Waals surface area contributed by atoms with E-state index in [0.29, 0.717) is 35.3 Å². The first-order chi connectivity index (χ1) is 10.2. The molecule has 0 bridgehead atoms. The highest BCUT2D eigenvalue weighted by Gasteiger charge is 2.33. The van der Waals surface area contributed by atoms with Crippen LogP contribution in [0.1, 0.15) is 61.3 Å². The minimum atomic E-state index is -0.0510. The minimum Gasteiger partial charge on any atom is -0.412 e. The van der Waals surface area contributed by atoms with Crippen LogP contribution < -0.4 is 0 Å². The molecule has 0 aromatic heterocycles. The maximum absolute atomic E-state index is 12.1. The summed E-state index contributed by atoms with van der Waals surface area (Å²) in [7, 11) is 0. The summed E-state index contributed by atoms with van der Waals surface area (Å²) in [6.07, 6.45) is 1.80. The Bertz CT molecular complexity index is 497. The number of rotatable bonds is 0. The normalized spacial score (nSPS) is 15.3. The highest BCUT2D eigenvalue weighted by Crippen LogP contribution is 2.30. The fourth-order valence-electron chi connectivity index (χ4n) is 2.24. The predicted octanol–water partition coefficient (Wildman–Crippen LogP) is 3.40. The van der Waals surface area contributed by atoms with Crippen LogP contribution in [0.2, 0.25) is 0 Å². The van der Waals surface area contributed by atoms with E-state index in [1.54, 1.807) is 24.3 Å². The Morgan fingerprint density at radius 1 is 0.955 bits per heavy atom. The van der Waals surface area contributed by atoms with Gasteiger partial charge < -0.3 is 10.2 Å². The third-order valence-corrected chi connectivity index (χ3v) is 3.07. The van der Waals surface area contributed by atoms with E-state index in [9.17, 15) is 9.59 Å². The first-order valence-corrected chi connectivity index (χ1v) is 7.68. The molecule has 0 atom stereocenters. The Balaban J connectivity index is 0.000000663. The largest absolute Gasteiger partial charge is 0.412 e. The van der Waals surface area contributed by atoms with Crippen LogP contribution in [0, 0.1) is 0 Å². The number of ether oxygens (including phenoxy) is 1. The summed E-state index contributed by atoms with van der Waals surface area (Å²) in [5.74, 6) is -0.0570. The molecular weight excluding hydrogens is 280 g/mol. The minimum absolute atomic E-state index is 0. The molecule has 0 spiro atoms. The van der Waals surface area contributed by atoms with Crippen LogP contribution in [0.15, 0.2) is 35.4 Å². The summed E-state index contributed by atoms with van der Waals surface area (Å²) >= 11 is 0. The topological polar surface area (TPSA) is 74.9 Å². The number of ketones is 2. The molecule has 1 aliphatic carbocycles. The summed E-state index contributed by atoms with van der Waals surface area (Å²) in [6.45, 7) is 9.05. The average molecular weight is 306 g/mol. The van der Waals surface area contributed by atoms with E-state index in [4.69, 9.17) is 4.74 Å². The molecule has 4 heteroatoms. The van der Waals surface area contributed by atoms with E-state index in [1.807, 2.05) is 13.8 Å². The molecule has 122 valence electrons. The lowest BCUT2D eigenvalue weighted by Gasteiger charge is -2.24. The Morgan fingerprint density at radius 3 is 1.91 bits per heavy atom. The lowest BCUT2D eigenvalue weighted by molar-refractivity contribution is 0.0885. The van der Waals surface area contributed by atoms with Gasteiger partial charge in [-0.15, -0.1) is 0 Å². The van der Waals surface area contributed by atoms with Crippen LogP contribution in [0.4, 0.5) is 0 Å². The zero-order valence-electron chi connectivity index (χ0n) is 13.9. The molecule has 1 aliphatic heterocycles. The van der Waals surface area contributed by atoms with Gasteiger partial charge in [0.2, 0.25) is 0 Å². The maximum Gasteiger partial charge on any atom is 0.192 e. The van der Waals surface area contributed by atoms with Gasteiger partial charge in [-0.05, 0) is 0 Å². The van der Waals surface area contributed by atoms with Crippen LogP contribution in [-0.2, 0) is 4.74 Å². The van der Waals surface area contributed by atoms with Gasteiger partial charge in [-0.3, -0.25) is 9.59 Å². The molecular formula is C18H26O4. The van der Waals surface area contributed by atoms with Crippen molar-refractivity contribution in [2.24, 2.45) is 0 Å². The van der Waals surface area contributed by atoms with Gasteiger partial charge in [-0.2, -0.15) is 0 Å². The second-order valence-electron chi connectivity index (χ2n) is 4.67. The molecule has 0 saturated carbocycles. The Labute approximate surface area is 132 Å². The zero-order chi connectivity index (χ0) is 15.8. The van der Waals surface area contributed by atoms with E-state index >= 15 is 0 Å². The lowest BCUT2D eigenvalue weighted by atomic mass is 9.82. The van der Waals surface area contributed by atoms with Gasteiger partial charge in [0.25, 0.3) is 0 Å². The molecule has 3 rings (SSSR count). The van der Waals surface area contributed by atoms with E-state index in [-0.39, 0.29) is 23.6 Å². The fourth-order valence-corrected chi connectivity index (χ4v) is 2.24. The van der Waals surface area contributed by atoms with Gasteiger partial charge in [0, 0.05) is 28.7 Å². The molecule has 1 aromatic carbocycles. The Kier molecular flexibility index (Phi) is 9.22. The van der Waals surface area contributed by atoms with E-state index in [2.05, 4.69) is 13.8 Å². The van der Waals surface area contributed by atoms with Crippen LogP contribution in [0.25, 0.3) is 0 Å². The monoisotopic (exact) mass is 306 g/mol. The first-order valence-electron chi connectivity index (χ1n) is 7.68. The number of carbonyl (C=O) groups is 2. The van der Waals surface area contributed by atoms with Crippen LogP contribution in [-0.4, -0.2) is 30.3 Å². The van der Waals surface area contributed by atoms with Gasteiger partial charge in [-0.25, -0.2) is 0 Å². The number of benzene rings is 1. The van der Waals surface area contributed by atoms with E-state index < -0.39 is 0 Å². The number of hydrogen-bond acceptors (Lipinski definition) is 3. The number of hydrogen-bond donors (Lipinski definition) is 0.